The first-order chi connectivity index (χ1) is 9.16. The first kappa shape index (κ1) is 13.8. The summed E-state index contributed by atoms with van der Waals surface area (Å²) in [6.45, 7) is 1.19. The lowest BCUT2D eigenvalue weighted by Gasteiger charge is -2.32. The summed E-state index contributed by atoms with van der Waals surface area (Å²) in [6.07, 6.45) is -0.276. The molecule has 1 aromatic rings. The second-order valence-electron chi connectivity index (χ2n) is 4.80. The van der Waals surface area contributed by atoms with Crippen molar-refractivity contribution in [3.8, 4) is 0 Å². The summed E-state index contributed by atoms with van der Waals surface area (Å²) in [5.41, 5.74) is 0.937. The van der Waals surface area contributed by atoms with Crippen molar-refractivity contribution in [2.24, 2.45) is 5.92 Å². The number of hydrogen-bond donors (Lipinski definition) is 2. The molecule has 1 aliphatic rings. The van der Waals surface area contributed by atoms with Crippen LogP contribution in [-0.4, -0.2) is 40.6 Å². The molecule has 1 heterocycles. The predicted octanol–water partition coefficient (Wildman–Crippen LogP) is 1.35. The van der Waals surface area contributed by atoms with Gasteiger partial charge in [-0.1, -0.05) is 30.3 Å². The molecule has 1 amide bonds. The SMILES string of the molecule is O=C(OCc1ccccc1)N1CCCC(C(O)O)C1. The number of hydrogen-bond acceptors (Lipinski definition) is 4. The molecule has 5 nitrogen and oxygen atoms in total. The highest BCUT2D eigenvalue weighted by atomic mass is 16.6. The predicted molar refractivity (Wildman–Crippen MR) is 69.1 cm³/mol. The van der Waals surface area contributed by atoms with Crippen LogP contribution in [0.2, 0.25) is 0 Å². The highest BCUT2D eigenvalue weighted by Gasteiger charge is 2.28. The number of likely N-dealkylation sites (tertiary alicyclic amines) is 1. The summed E-state index contributed by atoms with van der Waals surface area (Å²) in [6, 6.07) is 9.47. The number of carbonyl (C=O) groups excluding carboxylic acids is 1. The number of benzene rings is 1. The van der Waals surface area contributed by atoms with Gasteiger partial charge in [-0.05, 0) is 18.4 Å². The van der Waals surface area contributed by atoms with Crippen molar-refractivity contribution in [1.82, 2.24) is 4.90 Å². The van der Waals surface area contributed by atoms with Crippen molar-refractivity contribution >= 4 is 6.09 Å². The Bertz CT molecular complexity index is 407. The van der Waals surface area contributed by atoms with E-state index in [0.29, 0.717) is 13.1 Å². The van der Waals surface area contributed by atoms with Gasteiger partial charge >= 0.3 is 6.09 Å². The van der Waals surface area contributed by atoms with Crippen LogP contribution in [-0.2, 0) is 11.3 Å². The van der Waals surface area contributed by atoms with Crippen LogP contribution in [0.25, 0.3) is 0 Å². The number of amides is 1. The van der Waals surface area contributed by atoms with Gasteiger partial charge in [-0.3, -0.25) is 0 Å². The Balaban J connectivity index is 1.83. The molecule has 1 fully saturated rings. The molecule has 2 rings (SSSR count). The van der Waals surface area contributed by atoms with Crippen LogP contribution in [0.15, 0.2) is 30.3 Å². The molecule has 5 heteroatoms. The summed E-state index contributed by atoms with van der Waals surface area (Å²) in [5, 5.41) is 18.3. The Morgan fingerprint density at radius 1 is 1.37 bits per heavy atom. The lowest BCUT2D eigenvalue weighted by atomic mass is 9.98. The molecule has 1 aromatic carbocycles. The van der Waals surface area contributed by atoms with E-state index in [1.54, 1.807) is 0 Å². The van der Waals surface area contributed by atoms with Crippen LogP contribution in [0.4, 0.5) is 4.79 Å². The zero-order chi connectivity index (χ0) is 13.7. The normalized spacial score (nSPS) is 19.5. The molecule has 0 saturated carbocycles. The van der Waals surface area contributed by atoms with Gasteiger partial charge in [-0.2, -0.15) is 0 Å². The van der Waals surface area contributed by atoms with Crippen LogP contribution < -0.4 is 0 Å². The summed E-state index contributed by atoms with van der Waals surface area (Å²) >= 11 is 0. The van der Waals surface area contributed by atoms with Crippen LogP contribution in [0.5, 0.6) is 0 Å². The topological polar surface area (TPSA) is 70.0 Å². The van der Waals surface area contributed by atoms with E-state index < -0.39 is 12.4 Å². The molecule has 1 unspecified atom stereocenters. The monoisotopic (exact) mass is 265 g/mol. The van der Waals surface area contributed by atoms with E-state index in [1.807, 2.05) is 30.3 Å². The first-order valence-corrected chi connectivity index (χ1v) is 6.48. The number of ether oxygens (including phenoxy) is 1. The van der Waals surface area contributed by atoms with E-state index in [0.717, 1.165) is 18.4 Å². The Morgan fingerprint density at radius 3 is 2.79 bits per heavy atom. The zero-order valence-electron chi connectivity index (χ0n) is 10.7. The van der Waals surface area contributed by atoms with Gasteiger partial charge in [-0.15, -0.1) is 0 Å². The fraction of sp³-hybridized carbons (Fsp3) is 0.500. The fourth-order valence-corrected chi connectivity index (χ4v) is 2.23. The van der Waals surface area contributed by atoms with Gasteiger partial charge in [0.25, 0.3) is 0 Å². The molecule has 0 aliphatic carbocycles. The minimum atomic E-state index is -1.37. The van der Waals surface area contributed by atoms with E-state index in [-0.39, 0.29) is 12.5 Å². The van der Waals surface area contributed by atoms with Crippen molar-refractivity contribution in [2.75, 3.05) is 13.1 Å². The van der Waals surface area contributed by atoms with Crippen LogP contribution in [0, 0.1) is 5.92 Å². The van der Waals surface area contributed by atoms with Crippen molar-refractivity contribution < 1.29 is 19.7 Å². The van der Waals surface area contributed by atoms with Gasteiger partial charge in [0.05, 0.1) is 0 Å². The van der Waals surface area contributed by atoms with E-state index in [1.165, 1.54) is 4.90 Å². The summed E-state index contributed by atoms with van der Waals surface area (Å²) < 4.78 is 5.22. The minimum absolute atomic E-state index is 0.239. The molecule has 0 bridgehead atoms. The van der Waals surface area contributed by atoms with Gasteiger partial charge < -0.3 is 19.8 Å². The van der Waals surface area contributed by atoms with Crippen molar-refractivity contribution in [3.63, 3.8) is 0 Å². The van der Waals surface area contributed by atoms with Crippen molar-refractivity contribution in [1.29, 1.82) is 0 Å². The molecule has 0 spiro atoms. The smallest absolute Gasteiger partial charge is 0.410 e. The molecule has 2 N–H and O–H groups in total. The van der Waals surface area contributed by atoms with E-state index in [2.05, 4.69) is 0 Å². The lowest BCUT2D eigenvalue weighted by Crippen LogP contribution is -2.43. The molecule has 0 aromatic heterocycles. The molecule has 0 radical (unpaired) electrons. The zero-order valence-corrected chi connectivity index (χ0v) is 10.7. The highest BCUT2D eigenvalue weighted by molar-refractivity contribution is 5.67. The number of rotatable bonds is 3. The average molecular weight is 265 g/mol. The van der Waals surface area contributed by atoms with E-state index in [9.17, 15) is 4.79 Å². The second-order valence-corrected chi connectivity index (χ2v) is 4.80. The molecular weight excluding hydrogens is 246 g/mol. The third-order valence-electron chi connectivity index (χ3n) is 3.34. The first-order valence-electron chi connectivity index (χ1n) is 6.48. The maximum Gasteiger partial charge on any atom is 0.410 e. The van der Waals surface area contributed by atoms with Crippen LogP contribution in [0.3, 0.4) is 0 Å². The van der Waals surface area contributed by atoms with E-state index in [4.69, 9.17) is 14.9 Å². The van der Waals surface area contributed by atoms with Gasteiger partial charge in [0, 0.05) is 19.0 Å². The molecule has 19 heavy (non-hydrogen) atoms. The minimum Gasteiger partial charge on any atom is -0.445 e. The number of nitrogens with zero attached hydrogens (tertiary/aromatic N) is 1. The van der Waals surface area contributed by atoms with Gasteiger partial charge in [0.2, 0.25) is 0 Å². The Kier molecular flexibility index (Phi) is 4.76. The Morgan fingerprint density at radius 2 is 2.11 bits per heavy atom. The summed E-state index contributed by atoms with van der Waals surface area (Å²) in [7, 11) is 0. The molecular formula is C14H19NO4. The summed E-state index contributed by atoms with van der Waals surface area (Å²) in [4.78, 5) is 13.4. The largest absolute Gasteiger partial charge is 0.445 e. The Labute approximate surface area is 112 Å². The van der Waals surface area contributed by atoms with Gasteiger partial charge in [0.15, 0.2) is 6.29 Å². The third-order valence-corrected chi connectivity index (χ3v) is 3.34. The quantitative estimate of drug-likeness (QED) is 0.809. The van der Waals surface area contributed by atoms with Crippen molar-refractivity contribution in [3.05, 3.63) is 35.9 Å². The Hall–Kier alpha value is -1.59. The highest BCUT2D eigenvalue weighted by Crippen LogP contribution is 2.19. The fourth-order valence-electron chi connectivity index (χ4n) is 2.23. The van der Waals surface area contributed by atoms with E-state index >= 15 is 0 Å². The molecule has 1 aliphatic heterocycles. The molecule has 1 saturated heterocycles. The number of aliphatic hydroxyl groups is 2. The lowest BCUT2D eigenvalue weighted by molar-refractivity contribution is -0.0990. The van der Waals surface area contributed by atoms with Gasteiger partial charge in [-0.25, -0.2) is 4.79 Å². The number of piperidine rings is 1. The third kappa shape index (κ3) is 3.94. The second kappa shape index (κ2) is 6.54. The maximum atomic E-state index is 11.9. The standard InChI is InChI=1S/C14H19NO4/c16-13(17)12-7-4-8-15(9-12)14(18)19-10-11-5-2-1-3-6-11/h1-3,5-6,12-13,16-17H,4,7-10H2. The number of carbonyl (C=O) groups is 1. The van der Waals surface area contributed by atoms with Crippen LogP contribution in [0.1, 0.15) is 18.4 Å². The van der Waals surface area contributed by atoms with Crippen LogP contribution >= 0.6 is 0 Å². The molecule has 1 atom stereocenters. The maximum absolute atomic E-state index is 11.9. The van der Waals surface area contributed by atoms with Gasteiger partial charge in [0.1, 0.15) is 6.61 Å². The average Bonchev–Trinajstić information content (AvgIpc) is 2.46. The molecule has 104 valence electrons. The van der Waals surface area contributed by atoms with Crippen molar-refractivity contribution in [2.45, 2.75) is 25.7 Å². The summed E-state index contributed by atoms with van der Waals surface area (Å²) in [5.74, 6) is -0.280. The number of aliphatic hydroxyl groups excluding tert-OH is 1.